The van der Waals surface area contributed by atoms with Gasteiger partial charge in [-0.1, -0.05) is 36.9 Å². The maximum Gasteiger partial charge on any atom is 0.336 e. The van der Waals surface area contributed by atoms with Crippen LogP contribution in [0.2, 0.25) is 0 Å². The molecule has 0 bridgehead atoms. The molecular formula is C18H20N2O4. The second kappa shape index (κ2) is 8.21. The molecule has 0 N–H and O–H groups in total. The SMILES string of the molecule is C=C(C)c1nccc(O[C@@H](C)COCc2ccccc2)c1[N+](=O)[O-]. The molecule has 0 aliphatic rings. The normalized spacial score (nSPS) is 11.8. The van der Waals surface area contributed by atoms with Crippen molar-refractivity contribution in [2.45, 2.75) is 26.6 Å². The van der Waals surface area contributed by atoms with E-state index in [-0.39, 0.29) is 23.2 Å². The van der Waals surface area contributed by atoms with Gasteiger partial charge in [-0.3, -0.25) is 10.1 Å². The van der Waals surface area contributed by atoms with Gasteiger partial charge in [0.25, 0.3) is 0 Å². The molecule has 1 atom stereocenters. The molecule has 24 heavy (non-hydrogen) atoms. The fourth-order valence-corrected chi connectivity index (χ4v) is 2.19. The van der Waals surface area contributed by atoms with E-state index < -0.39 is 4.92 Å². The third-order valence-electron chi connectivity index (χ3n) is 3.27. The number of aromatic nitrogens is 1. The van der Waals surface area contributed by atoms with Crippen molar-refractivity contribution in [3.63, 3.8) is 0 Å². The zero-order valence-corrected chi connectivity index (χ0v) is 13.8. The molecule has 6 nitrogen and oxygen atoms in total. The van der Waals surface area contributed by atoms with Crippen molar-refractivity contribution in [1.82, 2.24) is 4.98 Å². The largest absolute Gasteiger partial charge is 0.481 e. The van der Waals surface area contributed by atoms with Crippen molar-refractivity contribution in [1.29, 1.82) is 0 Å². The summed E-state index contributed by atoms with van der Waals surface area (Å²) in [6, 6.07) is 11.3. The molecule has 0 aliphatic heterocycles. The quantitative estimate of drug-likeness (QED) is 0.541. The average Bonchev–Trinajstić information content (AvgIpc) is 2.55. The summed E-state index contributed by atoms with van der Waals surface area (Å²) in [5, 5.41) is 11.3. The molecule has 0 aliphatic carbocycles. The first-order valence-corrected chi connectivity index (χ1v) is 7.56. The van der Waals surface area contributed by atoms with Gasteiger partial charge in [-0.25, -0.2) is 4.98 Å². The van der Waals surface area contributed by atoms with Crippen molar-refractivity contribution in [3.8, 4) is 5.75 Å². The van der Waals surface area contributed by atoms with Crippen LogP contribution in [0.15, 0.2) is 49.2 Å². The van der Waals surface area contributed by atoms with Crippen molar-refractivity contribution in [3.05, 3.63) is 70.5 Å². The van der Waals surface area contributed by atoms with Gasteiger partial charge in [0.2, 0.25) is 5.75 Å². The standard InChI is InChI=1S/C18H20N2O4/c1-13(2)17-18(20(21)22)16(9-10-19-17)24-14(3)11-23-12-15-7-5-4-6-8-15/h4-10,14H,1,11-12H2,2-3H3/t14-/m0/s1. The number of rotatable bonds is 8. The number of hydrogen-bond donors (Lipinski definition) is 0. The molecule has 1 aromatic heterocycles. The summed E-state index contributed by atoms with van der Waals surface area (Å²) in [4.78, 5) is 14.9. The number of allylic oxidation sites excluding steroid dienone is 1. The Morgan fingerprint density at radius 1 is 1.33 bits per heavy atom. The Bertz CT molecular complexity index is 716. The van der Waals surface area contributed by atoms with Gasteiger partial charge in [-0.2, -0.15) is 0 Å². The van der Waals surface area contributed by atoms with Crippen molar-refractivity contribution in [2.75, 3.05) is 6.61 Å². The molecule has 0 unspecified atom stereocenters. The second-order valence-corrected chi connectivity index (χ2v) is 5.47. The van der Waals surface area contributed by atoms with Gasteiger partial charge in [0, 0.05) is 12.3 Å². The lowest BCUT2D eigenvalue weighted by Crippen LogP contribution is -2.20. The molecule has 0 fully saturated rings. The summed E-state index contributed by atoms with van der Waals surface area (Å²) < 4.78 is 11.3. The molecule has 2 aromatic rings. The molecule has 2 rings (SSSR count). The van der Waals surface area contributed by atoms with E-state index in [0.717, 1.165) is 5.56 Å². The summed E-state index contributed by atoms with van der Waals surface area (Å²) in [5.74, 6) is 0.170. The summed E-state index contributed by atoms with van der Waals surface area (Å²) in [7, 11) is 0. The van der Waals surface area contributed by atoms with E-state index in [1.54, 1.807) is 13.8 Å². The van der Waals surface area contributed by atoms with Crippen LogP contribution in [0.3, 0.4) is 0 Å². The summed E-state index contributed by atoms with van der Waals surface area (Å²) in [6.07, 6.45) is 1.14. The topological polar surface area (TPSA) is 74.5 Å². The Labute approximate surface area is 140 Å². The maximum absolute atomic E-state index is 11.3. The van der Waals surface area contributed by atoms with Crippen molar-refractivity contribution in [2.24, 2.45) is 0 Å². The highest BCUT2D eigenvalue weighted by atomic mass is 16.6. The molecule has 0 spiro atoms. The zero-order chi connectivity index (χ0) is 17.5. The number of pyridine rings is 1. The van der Waals surface area contributed by atoms with E-state index >= 15 is 0 Å². The summed E-state index contributed by atoms with van der Waals surface area (Å²) >= 11 is 0. The minimum absolute atomic E-state index is 0.167. The van der Waals surface area contributed by atoms with Crippen LogP contribution in [0, 0.1) is 10.1 Å². The monoisotopic (exact) mass is 328 g/mol. The van der Waals surface area contributed by atoms with E-state index in [4.69, 9.17) is 9.47 Å². The van der Waals surface area contributed by atoms with Gasteiger partial charge in [-0.15, -0.1) is 0 Å². The van der Waals surface area contributed by atoms with Crippen LogP contribution in [-0.2, 0) is 11.3 Å². The Balaban J connectivity index is 2.01. The van der Waals surface area contributed by atoms with Crippen LogP contribution in [0.1, 0.15) is 25.1 Å². The van der Waals surface area contributed by atoms with E-state index in [0.29, 0.717) is 18.8 Å². The highest BCUT2D eigenvalue weighted by Crippen LogP contribution is 2.33. The van der Waals surface area contributed by atoms with Gasteiger partial charge in [0.05, 0.1) is 18.1 Å². The lowest BCUT2D eigenvalue weighted by atomic mass is 10.2. The number of benzene rings is 1. The van der Waals surface area contributed by atoms with Crippen molar-refractivity contribution < 1.29 is 14.4 Å². The van der Waals surface area contributed by atoms with E-state index in [1.807, 2.05) is 30.3 Å². The first kappa shape index (κ1) is 17.6. The molecule has 0 radical (unpaired) electrons. The lowest BCUT2D eigenvalue weighted by Gasteiger charge is -2.16. The van der Waals surface area contributed by atoms with Gasteiger partial charge < -0.3 is 9.47 Å². The molecule has 1 heterocycles. The van der Waals surface area contributed by atoms with Crippen LogP contribution >= 0.6 is 0 Å². The molecule has 0 amide bonds. The molecule has 126 valence electrons. The zero-order valence-electron chi connectivity index (χ0n) is 13.8. The minimum atomic E-state index is -0.496. The summed E-state index contributed by atoms with van der Waals surface area (Å²) in [6.45, 7) is 7.98. The van der Waals surface area contributed by atoms with Crippen LogP contribution in [0.25, 0.3) is 5.57 Å². The number of nitrogens with zero attached hydrogens (tertiary/aromatic N) is 2. The first-order chi connectivity index (χ1) is 11.5. The molecule has 6 heteroatoms. The van der Waals surface area contributed by atoms with E-state index in [1.165, 1.54) is 12.3 Å². The molecule has 1 aromatic carbocycles. The maximum atomic E-state index is 11.3. The van der Waals surface area contributed by atoms with Gasteiger partial charge >= 0.3 is 5.69 Å². The van der Waals surface area contributed by atoms with E-state index in [9.17, 15) is 10.1 Å². The van der Waals surface area contributed by atoms with Gasteiger partial charge in [0.15, 0.2) is 0 Å². The highest BCUT2D eigenvalue weighted by molar-refractivity contribution is 5.70. The Morgan fingerprint density at radius 3 is 2.67 bits per heavy atom. The van der Waals surface area contributed by atoms with Crippen LogP contribution in [0.4, 0.5) is 5.69 Å². The average molecular weight is 328 g/mol. The smallest absolute Gasteiger partial charge is 0.336 e. The van der Waals surface area contributed by atoms with Gasteiger partial charge in [0.1, 0.15) is 11.8 Å². The Kier molecular flexibility index (Phi) is 6.03. The van der Waals surface area contributed by atoms with Gasteiger partial charge in [-0.05, 0) is 25.0 Å². The van der Waals surface area contributed by atoms with E-state index in [2.05, 4.69) is 11.6 Å². The molecular weight excluding hydrogens is 308 g/mol. The number of ether oxygens (including phenoxy) is 2. The van der Waals surface area contributed by atoms with Crippen LogP contribution in [-0.4, -0.2) is 22.6 Å². The third-order valence-corrected chi connectivity index (χ3v) is 3.27. The third kappa shape index (κ3) is 4.63. The highest BCUT2D eigenvalue weighted by Gasteiger charge is 2.24. The minimum Gasteiger partial charge on any atom is -0.481 e. The molecule has 0 saturated carbocycles. The fourth-order valence-electron chi connectivity index (χ4n) is 2.19. The lowest BCUT2D eigenvalue weighted by molar-refractivity contribution is -0.386. The molecule has 0 saturated heterocycles. The fraction of sp³-hybridized carbons (Fsp3) is 0.278. The first-order valence-electron chi connectivity index (χ1n) is 7.56. The van der Waals surface area contributed by atoms with Crippen LogP contribution < -0.4 is 4.74 Å². The Morgan fingerprint density at radius 2 is 2.04 bits per heavy atom. The second-order valence-electron chi connectivity index (χ2n) is 5.47. The number of nitro groups is 1. The van der Waals surface area contributed by atoms with Crippen molar-refractivity contribution >= 4 is 11.3 Å². The Hall–Kier alpha value is -2.73. The van der Waals surface area contributed by atoms with Crippen LogP contribution in [0.5, 0.6) is 5.75 Å². The predicted octanol–water partition coefficient (Wildman–Crippen LogP) is 4.01. The number of hydrogen-bond acceptors (Lipinski definition) is 5. The summed E-state index contributed by atoms with van der Waals surface area (Å²) in [5.41, 5.74) is 1.64. The predicted molar refractivity (Wildman–Crippen MR) is 91.8 cm³/mol.